The Morgan fingerprint density at radius 3 is 2.44 bits per heavy atom. The minimum atomic E-state index is 0.357. The molecular formula is C18H28. The molecule has 18 heavy (non-hydrogen) atoms. The van der Waals surface area contributed by atoms with Crippen molar-refractivity contribution in [3.05, 3.63) is 22.8 Å². The van der Waals surface area contributed by atoms with Gasteiger partial charge in [0.2, 0.25) is 0 Å². The van der Waals surface area contributed by atoms with E-state index in [0.717, 1.165) is 5.92 Å². The molecule has 0 saturated heterocycles. The number of rotatable bonds is 0. The Labute approximate surface area is 113 Å². The van der Waals surface area contributed by atoms with E-state index in [9.17, 15) is 0 Å². The Morgan fingerprint density at radius 2 is 1.78 bits per heavy atom. The summed E-state index contributed by atoms with van der Waals surface area (Å²) in [5, 5.41) is 0. The van der Waals surface area contributed by atoms with Gasteiger partial charge in [-0.05, 0) is 54.8 Å². The number of allylic oxidation sites excluding steroid dienone is 4. The van der Waals surface area contributed by atoms with Crippen molar-refractivity contribution in [3.63, 3.8) is 0 Å². The zero-order chi connectivity index (χ0) is 13.3. The maximum absolute atomic E-state index is 2.58. The lowest BCUT2D eigenvalue weighted by Gasteiger charge is -2.58. The van der Waals surface area contributed by atoms with Crippen molar-refractivity contribution in [1.29, 1.82) is 0 Å². The first-order valence-corrected chi connectivity index (χ1v) is 7.64. The van der Waals surface area contributed by atoms with Gasteiger partial charge in [-0.3, -0.25) is 0 Å². The summed E-state index contributed by atoms with van der Waals surface area (Å²) in [7, 11) is 0. The summed E-state index contributed by atoms with van der Waals surface area (Å²) in [5.74, 6) is 0.796. The molecule has 0 nitrogen and oxygen atoms in total. The molecule has 0 aliphatic heterocycles. The van der Waals surface area contributed by atoms with Crippen LogP contribution in [0.3, 0.4) is 0 Å². The zero-order valence-electron chi connectivity index (χ0n) is 13.0. The molecule has 0 aromatic rings. The van der Waals surface area contributed by atoms with Crippen molar-refractivity contribution < 1.29 is 0 Å². The lowest BCUT2D eigenvalue weighted by atomic mass is 9.45. The second-order valence-corrected chi connectivity index (χ2v) is 8.12. The maximum atomic E-state index is 2.58. The molecule has 0 amide bonds. The Morgan fingerprint density at radius 1 is 1.11 bits per heavy atom. The molecule has 3 aliphatic rings. The van der Waals surface area contributed by atoms with Gasteiger partial charge in [-0.25, -0.2) is 0 Å². The van der Waals surface area contributed by atoms with Crippen LogP contribution in [0.4, 0.5) is 0 Å². The van der Waals surface area contributed by atoms with E-state index in [1.165, 1.54) is 25.7 Å². The summed E-state index contributed by atoms with van der Waals surface area (Å²) in [6.07, 6.45) is 7.92. The summed E-state index contributed by atoms with van der Waals surface area (Å²) >= 11 is 0. The normalized spacial score (nSPS) is 40.6. The first-order chi connectivity index (χ1) is 8.23. The number of hydrogen-bond acceptors (Lipinski definition) is 0. The van der Waals surface area contributed by atoms with Gasteiger partial charge in [-0.2, -0.15) is 0 Å². The van der Waals surface area contributed by atoms with Gasteiger partial charge in [-0.1, -0.05) is 57.4 Å². The average molecular weight is 244 g/mol. The fraction of sp³-hybridized carbons (Fsp3) is 0.778. The van der Waals surface area contributed by atoms with Crippen LogP contribution in [-0.2, 0) is 0 Å². The van der Waals surface area contributed by atoms with Gasteiger partial charge in [0.05, 0.1) is 0 Å². The van der Waals surface area contributed by atoms with Gasteiger partial charge in [-0.15, -0.1) is 0 Å². The summed E-state index contributed by atoms with van der Waals surface area (Å²) in [4.78, 5) is 0. The van der Waals surface area contributed by atoms with E-state index >= 15 is 0 Å². The van der Waals surface area contributed by atoms with Crippen LogP contribution < -0.4 is 0 Å². The lowest BCUT2D eigenvalue weighted by Crippen LogP contribution is -2.50. The van der Waals surface area contributed by atoms with E-state index in [1.807, 2.05) is 5.57 Å². The smallest absolute Gasteiger partial charge is 0.00194 e. The molecule has 1 saturated carbocycles. The van der Waals surface area contributed by atoms with Crippen molar-refractivity contribution in [2.75, 3.05) is 0 Å². The van der Waals surface area contributed by atoms with Crippen LogP contribution in [0.25, 0.3) is 0 Å². The molecule has 0 heterocycles. The molecule has 0 heteroatoms. The molecule has 0 unspecified atom stereocenters. The molecule has 0 N–H and O–H groups in total. The Balaban J connectivity index is 2.26. The maximum Gasteiger partial charge on any atom is -0.00194 e. The molecule has 2 atom stereocenters. The van der Waals surface area contributed by atoms with Gasteiger partial charge in [0.1, 0.15) is 0 Å². The van der Waals surface area contributed by atoms with Crippen LogP contribution in [0, 0.1) is 22.2 Å². The minimum Gasteiger partial charge on any atom is -0.0842 e. The molecule has 0 aromatic heterocycles. The molecule has 0 radical (unpaired) electrons. The van der Waals surface area contributed by atoms with E-state index in [0.29, 0.717) is 16.2 Å². The Kier molecular flexibility index (Phi) is 2.31. The fourth-order valence-corrected chi connectivity index (χ4v) is 5.60. The summed E-state index contributed by atoms with van der Waals surface area (Å²) in [6.45, 7) is 14.9. The quantitative estimate of drug-likeness (QED) is 0.493. The van der Waals surface area contributed by atoms with Crippen LogP contribution in [-0.4, -0.2) is 0 Å². The van der Waals surface area contributed by atoms with E-state index in [2.05, 4.69) is 47.6 Å². The fourth-order valence-electron chi connectivity index (χ4n) is 5.60. The van der Waals surface area contributed by atoms with Gasteiger partial charge in [0, 0.05) is 0 Å². The molecule has 3 rings (SSSR count). The molecule has 3 aliphatic carbocycles. The largest absolute Gasteiger partial charge is 0.0842 e. The van der Waals surface area contributed by atoms with Crippen LogP contribution in [0.5, 0.6) is 0 Å². The van der Waals surface area contributed by atoms with Crippen molar-refractivity contribution in [2.24, 2.45) is 22.2 Å². The molecule has 100 valence electrons. The molecule has 0 aromatic carbocycles. The van der Waals surface area contributed by atoms with Gasteiger partial charge < -0.3 is 0 Å². The second-order valence-electron chi connectivity index (χ2n) is 8.12. The van der Waals surface area contributed by atoms with Gasteiger partial charge >= 0.3 is 0 Å². The Bertz CT molecular complexity index is 458. The molecular weight excluding hydrogens is 216 g/mol. The van der Waals surface area contributed by atoms with Crippen molar-refractivity contribution in [1.82, 2.24) is 0 Å². The van der Waals surface area contributed by atoms with Crippen LogP contribution >= 0.6 is 0 Å². The highest BCUT2D eigenvalue weighted by molar-refractivity contribution is 5.45. The number of fused-ring (bicyclic) bond motifs is 2. The first-order valence-electron chi connectivity index (χ1n) is 7.64. The van der Waals surface area contributed by atoms with E-state index in [1.54, 1.807) is 11.1 Å². The topological polar surface area (TPSA) is 0 Å². The SMILES string of the molecule is CC1=C2[C@@H](CC1)C(C)(C)C1=CCC[C@]1(C)C2(C)C. The van der Waals surface area contributed by atoms with Gasteiger partial charge in [0.15, 0.2) is 0 Å². The van der Waals surface area contributed by atoms with Crippen molar-refractivity contribution in [3.8, 4) is 0 Å². The molecule has 0 bridgehead atoms. The highest BCUT2D eigenvalue weighted by atomic mass is 14.6. The van der Waals surface area contributed by atoms with E-state index in [4.69, 9.17) is 0 Å². The van der Waals surface area contributed by atoms with E-state index in [-0.39, 0.29) is 0 Å². The lowest BCUT2D eigenvalue weighted by molar-refractivity contribution is 0.0651. The third-order valence-corrected chi connectivity index (χ3v) is 6.82. The zero-order valence-corrected chi connectivity index (χ0v) is 13.0. The highest BCUT2D eigenvalue weighted by Gasteiger charge is 2.60. The van der Waals surface area contributed by atoms with Crippen LogP contribution in [0.1, 0.15) is 67.2 Å². The minimum absolute atomic E-state index is 0.357. The van der Waals surface area contributed by atoms with Crippen molar-refractivity contribution in [2.45, 2.75) is 67.2 Å². The summed E-state index contributed by atoms with van der Waals surface area (Å²) < 4.78 is 0. The summed E-state index contributed by atoms with van der Waals surface area (Å²) in [6, 6.07) is 0. The van der Waals surface area contributed by atoms with Crippen LogP contribution in [0.15, 0.2) is 22.8 Å². The molecule has 0 spiro atoms. The third-order valence-electron chi connectivity index (χ3n) is 6.82. The summed E-state index contributed by atoms with van der Waals surface area (Å²) in [5.41, 5.74) is 6.42. The Hall–Kier alpha value is -0.520. The monoisotopic (exact) mass is 244 g/mol. The second kappa shape index (κ2) is 3.32. The predicted molar refractivity (Wildman–Crippen MR) is 78.4 cm³/mol. The van der Waals surface area contributed by atoms with Crippen molar-refractivity contribution >= 4 is 0 Å². The predicted octanol–water partition coefficient (Wildman–Crippen LogP) is 5.51. The highest BCUT2D eigenvalue weighted by Crippen LogP contribution is 2.70. The third kappa shape index (κ3) is 1.18. The first kappa shape index (κ1) is 12.5. The van der Waals surface area contributed by atoms with Gasteiger partial charge in [0.25, 0.3) is 0 Å². The van der Waals surface area contributed by atoms with E-state index < -0.39 is 0 Å². The number of hydrogen-bond donors (Lipinski definition) is 0. The standard InChI is InChI=1S/C18H28/c1-12-9-10-13-15(12)17(4,5)18(6)11-7-8-14(18)16(13,2)3/h8,13H,7,9-11H2,1-6H3/t13-,18+/m1/s1. The van der Waals surface area contributed by atoms with Crippen LogP contribution in [0.2, 0.25) is 0 Å². The average Bonchev–Trinajstić information content (AvgIpc) is 2.82. The molecule has 1 fully saturated rings.